The van der Waals surface area contributed by atoms with Gasteiger partial charge in [-0.25, -0.2) is 8.42 Å². The SMILES string of the molecule is COC1CS(=O)(=O)CC1NC(=O)C(C)(O)C(C)C. The predicted molar refractivity (Wildman–Crippen MR) is 66.8 cm³/mol. The molecule has 0 aliphatic carbocycles. The van der Waals surface area contributed by atoms with E-state index >= 15 is 0 Å². The van der Waals surface area contributed by atoms with E-state index in [0.29, 0.717) is 0 Å². The molecule has 3 atom stereocenters. The van der Waals surface area contributed by atoms with Crippen LogP contribution in [0.1, 0.15) is 20.8 Å². The van der Waals surface area contributed by atoms with Crippen LogP contribution in [0.25, 0.3) is 0 Å². The van der Waals surface area contributed by atoms with E-state index in [9.17, 15) is 18.3 Å². The van der Waals surface area contributed by atoms with Crippen LogP contribution in [0.15, 0.2) is 0 Å². The molecule has 1 saturated heterocycles. The Labute approximate surface area is 108 Å². The van der Waals surface area contributed by atoms with Crippen molar-refractivity contribution in [3.05, 3.63) is 0 Å². The molecule has 0 radical (unpaired) electrons. The average Bonchev–Trinajstić information content (AvgIpc) is 2.52. The van der Waals surface area contributed by atoms with E-state index in [2.05, 4.69) is 5.32 Å². The number of carbonyl (C=O) groups excluding carboxylic acids is 1. The minimum atomic E-state index is -3.19. The van der Waals surface area contributed by atoms with Gasteiger partial charge in [-0.3, -0.25) is 4.79 Å². The van der Waals surface area contributed by atoms with Crippen LogP contribution in [-0.4, -0.2) is 55.8 Å². The summed E-state index contributed by atoms with van der Waals surface area (Å²) in [6, 6.07) is -0.599. The zero-order chi connectivity index (χ0) is 14.1. The molecule has 0 bridgehead atoms. The van der Waals surface area contributed by atoms with Gasteiger partial charge >= 0.3 is 0 Å². The molecule has 1 fully saturated rings. The molecule has 2 N–H and O–H groups in total. The lowest BCUT2D eigenvalue weighted by Gasteiger charge is -2.29. The largest absolute Gasteiger partial charge is 0.380 e. The minimum Gasteiger partial charge on any atom is -0.380 e. The van der Waals surface area contributed by atoms with Crippen molar-refractivity contribution in [1.82, 2.24) is 5.32 Å². The fourth-order valence-electron chi connectivity index (χ4n) is 1.76. The summed E-state index contributed by atoms with van der Waals surface area (Å²) in [6.45, 7) is 4.86. The van der Waals surface area contributed by atoms with Gasteiger partial charge in [0, 0.05) is 7.11 Å². The molecule has 1 aliphatic heterocycles. The summed E-state index contributed by atoms with van der Waals surface area (Å²) in [6.07, 6.45) is -0.554. The number of hydrogen-bond donors (Lipinski definition) is 2. The number of methoxy groups -OCH3 is 1. The third kappa shape index (κ3) is 3.21. The first kappa shape index (κ1) is 15.4. The van der Waals surface area contributed by atoms with E-state index in [1.165, 1.54) is 14.0 Å². The van der Waals surface area contributed by atoms with Crippen molar-refractivity contribution in [1.29, 1.82) is 0 Å². The Morgan fingerprint density at radius 2 is 2.00 bits per heavy atom. The number of carbonyl (C=O) groups is 1. The molecule has 7 heteroatoms. The van der Waals surface area contributed by atoms with Gasteiger partial charge in [-0.15, -0.1) is 0 Å². The summed E-state index contributed by atoms with van der Waals surface area (Å²) in [4.78, 5) is 11.9. The Kier molecular flexibility index (Phi) is 4.40. The lowest BCUT2D eigenvalue weighted by Crippen LogP contribution is -2.54. The maximum Gasteiger partial charge on any atom is 0.252 e. The molecule has 0 spiro atoms. The molecular formula is C11H21NO5S. The summed E-state index contributed by atoms with van der Waals surface area (Å²) >= 11 is 0. The molecule has 0 aromatic carbocycles. The summed E-state index contributed by atoms with van der Waals surface area (Å²) in [5.41, 5.74) is -1.52. The van der Waals surface area contributed by atoms with Crippen molar-refractivity contribution >= 4 is 15.7 Å². The number of amides is 1. The van der Waals surface area contributed by atoms with Gasteiger partial charge in [0.05, 0.1) is 23.7 Å². The molecule has 0 aromatic rings. The average molecular weight is 279 g/mol. The van der Waals surface area contributed by atoms with Crippen LogP contribution in [0.5, 0.6) is 0 Å². The molecule has 0 saturated carbocycles. The highest BCUT2D eigenvalue weighted by atomic mass is 32.2. The van der Waals surface area contributed by atoms with Crippen LogP contribution >= 0.6 is 0 Å². The Morgan fingerprint density at radius 1 is 1.44 bits per heavy atom. The van der Waals surface area contributed by atoms with Crippen LogP contribution in [0.4, 0.5) is 0 Å². The highest BCUT2D eigenvalue weighted by Gasteiger charge is 2.42. The molecule has 3 unspecified atom stereocenters. The summed E-state index contributed by atoms with van der Waals surface area (Å²) in [5, 5.41) is 12.6. The van der Waals surface area contributed by atoms with E-state index in [-0.39, 0.29) is 17.4 Å². The molecule has 1 heterocycles. The third-order valence-electron chi connectivity index (χ3n) is 3.50. The van der Waals surface area contributed by atoms with Gasteiger partial charge in [-0.1, -0.05) is 13.8 Å². The fourth-order valence-corrected chi connectivity index (χ4v) is 3.61. The minimum absolute atomic E-state index is 0.0989. The Bertz CT molecular complexity index is 415. The molecule has 106 valence electrons. The molecule has 1 amide bonds. The van der Waals surface area contributed by atoms with Crippen molar-refractivity contribution in [2.75, 3.05) is 18.6 Å². The van der Waals surface area contributed by atoms with E-state index < -0.39 is 33.5 Å². The second-order valence-electron chi connectivity index (χ2n) is 5.23. The van der Waals surface area contributed by atoms with Crippen molar-refractivity contribution in [2.45, 2.75) is 38.5 Å². The summed E-state index contributed by atoms with van der Waals surface area (Å²) in [5.74, 6) is -1.08. The number of rotatable bonds is 4. The van der Waals surface area contributed by atoms with Gasteiger partial charge in [0.15, 0.2) is 9.84 Å². The van der Waals surface area contributed by atoms with Gasteiger partial charge in [0.25, 0.3) is 5.91 Å². The lowest BCUT2D eigenvalue weighted by atomic mass is 9.91. The van der Waals surface area contributed by atoms with Crippen molar-refractivity contribution in [3.63, 3.8) is 0 Å². The Morgan fingerprint density at radius 3 is 2.44 bits per heavy atom. The molecular weight excluding hydrogens is 258 g/mol. The first-order valence-electron chi connectivity index (χ1n) is 5.86. The number of ether oxygens (including phenoxy) is 1. The van der Waals surface area contributed by atoms with Crippen LogP contribution in [-0.2, 0) is 19.4 Å². The van der Waals surface area contributed by atoms with Crippen molar-refractivity contribution in [3.8, 4) is 0 Å². The fraction of sp³-hybridized carbons (Fsp3) is 0.909. The highest BCUT2D eigenvalue weighted by Crippen LogP contribution is 2.19. The number of hydrogen-bond acceptors (Lipinski definition) is 5. The molecule has 6 nitrogen and oxygen atoms in total. The number of nitrogens with one attached hydrogen (secondary N) is 1. The first-order chi connectivity index (χ1) is 8.10. The topological polar surface area (TPSA) is 92.7 Å². The first-order valence-corrected chi connectivity index (χ1v) is 7.69. The highest BCUT2D eigenvalue weighted by molar-refractivity contribution is 7.91. The van der Waals surface area contributed by atoms with Gasteiger partial charge in [0.1, 0.15) is 5.60 Å². The predicted octanol–water partition coefficient (Wildman–Crippen LogP) is -0.678. The lowest BCUT2D eigenvalue weighted by molar-refractivity contribution is -0.143. The van der Waals surface area contributed by atoms with E-state index in [1.54, 1.807) is 13.8 Å². The summed E-state index contributed by atoms with van der Waals surface area (Å²) < 4.78 is 28.0. The second-order valence-corrected chi connectivity index (χ2v) is 7.39. The normalized spacial score (nSPS) is 30.1. The quantitative estimate of drug-likeness (QED) is 0.711. The molecule has 0 aromatic heterocycles. The number of aliphatic hydroxyl groups is 1. The van der Waals surface area contributed by atoms with E-state index in [0.717, 1.165) is 0 Å². The summed E-state index contributed by atoms with van der Waals surface area (Å²) in [7, 11) is -1.78. The maximum absolute atomic E-state index is 11.9. The second kappa shape index (κ2) is 5.14. The van der Waals surface area contributed by atoms with E-state index in [4.69, 9.17) is 4.74 Å². The number of sulfone groups is 1. The zero-order valence-electron chi connectivity index (χ0n) is 11.1. The van der Waals surface area contributed by atoms with Crippen LogP contribution < -0.4 is 5.32 Å². The van der Waals surface area contributed by atoms with Crippen LogP contribution in [0.2, 0.25) is 0 Å². The van der Waals surface area contributed by atoms with Gasteiger partial charge < -0.3 is 15.2 Å². The standard InChI is InChI=1S/C11H21NO5S/c1-7(2)11(3,14)10(13)12-8-5-18(15,16)6-9(8)17-4/h7-9,14H,5-6H2,1-4H3,(H,12,13). The molecule has 1 rings (SSSR count). The van der Waals surface area contributed by atoms with Crippen molar-refractivity contribution < 1.29 is 23.1 Å². The van der Waals surface area contributed by atoms with Gasteiger partial charge in [-0.05, 0) is 12.8 Å². The smallest absolute Gasteiger partial charge is 0.252 e. The third-order valence-corrected chi connectivity index (χ3v) is 5.21. The zero-order valence-corrected chi connectivity index (χ0v) is 12.0. The Balaban J connectivity index is 2.76. The maximum atomic E-state index is 11.9. The van der Waals surface area contributed by atoms with Crippen molar-refractivity contribution in [2.24, 2.45) is 5.92 Å². The van der Waals surface area contributed by atoms with Crippen LogP contribution in [0.3, 0.4) is 0 Å². The molecule has 18 heavy (non-hydrogen) atoms. The monoisotopic (exact) mass is 279 g/mol. The van der Waals surface area contributed by atoms with Crippen LogP contribution in [0, 0.1) is 5.92 Å². The van der Waals surface area contributed by atoms with Gasteiger partial charge in [0.2, 0.25) is 0 Å². The Hall–Kier alpha value is -0.660. The van der Waals surface area contributed by atoms with E-state index in [1.807, 2.05) is 0 Å². The van der Waals surface area contributed by atoms with Gasteiger partial charge in [-0.2, -0.15) is 0 Å². The molecule has 1 aliphatic rings.